The van der Waals surface area contributed by atoms with Gasteiger partial charge in [0.15, 0.2) is 0 Å². The number of aromatic nitrogens is 4. The van der Waals surface area contributed by atoms with E-state index in [1.165, 1.54) is 6.33 Å². The normalized spacial score (nSPS) is 23.5. The highest BCUT2D eigenvalue weighted by Gasteiger charge is 2.41. The number of hydrogen-bond acceptors (Lipinski definition) is 7. The number of hydrogen-bond donors (Lipinski definition) is 0. The summed E-state index contributed by atoms with van der Waals surface area (Å²) >= 11 is 0. The highest BCUT2D eigenvalue weighted by molar-refractivity contribution is 5.94. The van der Waals surface area contributed by atoms with Crippen LogP contribution in [0.5, 0.6) is 0 Å². The maximum Gasteiger partial charge on any atom is 0.272 e. The zero-order valence-corrected chi connectivity index (χ0v) is 17.2. The lowest BCUT2D eigenvalue weighted by Gasteiger charge is -2.39. The number of anilines is 1. The molecule has 0 aromatic carbocycles. The molecule has 0 radical (unpaired) electrons. The van der Waals surface area contributed by atoms with Crippen molar-refractivity contribution in [3.05, 3.63) is 35.0 Å². The Bertz CT molecular complexity index is 1020. The minimum absolute atomic E-state index is 0.0551. The number of ether oxygens (including phenoxy) is 1. The molecule has 5 heterocycles. The quantitative estimate of drug-likeness (QED) is 0.739. The van der Waals surface area contributed by atoms with E-state index in [1.807, 2.05) is 11.9 Å². The zero-order chi connectivity index (χ0) is 20.7. The van der Waals surface area contributed by atoms with Gasteiger partial charge in [-0.05, 0) is 19.3 Å². The van der Waals surface area contributed by atoms with Crippen molar-refractivity contribution in [3.8, 4) is 6.07 Å². The number of fused-ring (bicyclic) bond motifs is 1. The summed E-state index contributed by atoms with van der Waals surface area (Å²) in [6.07, 6.45) is 5.32. The molecule has 5 rings (SSSR count). The molecule has 9 nitrogen and oxygen atoms in total. The fourth-order valence-corrected chi connectivity index (χ4v) is 5.05. The molecular weight excluding hydrogens is 382 g/mol. The third-order valence-electron chi connectivity index (χ3n) is 6.62. The molecule has 3 aliphatic rings. The lowest BCUT2D eigenvalue weighted by molar-refractivity contribution is 0.0452. The molecule has 1 spiro atoms. The van der Waals surface area contributed by atoms with E-state index in [2.05, 4.69) is 26.0 Å². The van der Waals surface area contributed by atoms with Gasteiger partial charge in [-0.3, -0.25) is 9.48 Å². The second-order valence-electron chi connectivity index (χ2n) is 8.58. The summed E-state index contributed by atoms with van der Waals surface area (Å²) in [5.74, 6) is 0.758. The van der Waals surface area contributed by atoms with E-state index in [1.54, 1.807) is 10.7 Å². The molecule has 1 unspecified atom stereocenters. The van der Waals surface area contributed by atoms with Gasteiger partial charge >= 0.3 is 0 Å². The summed E-state index contributed by atoms with van der Waals surface area (Å²) in [7, 11) is 1.85. The molecule has 30 heavy (non-hydrogen) atoms. The number of nitriles is 1. The first-order valence-electron chi connectivity index (χ1n) is 10.5. The molecule has 0 bridgehead atoms. The summed E-state index contributed by atoms with van der Waals surface area (Å²) in [5.41, 5.74) is 3.06. The van der Waals surface area contributed by atoms with Crippen LogP contribution in [0, 0.1) is 16.7 Å². The van der Waals surface area contributed by atoms with E-state index in [0.717, 1.165) is 69.8 Å². The van der Waals surface area contributed by atoms with Crippen molar-refractivity contribution in [2.75, 3.05) is 37.7 Å². The number of likely N-dealkylation sites (tertiary alicyclic amines) is 1. The summed E-state index contributed by atoms with van der Waals surface area (Å²) in [4.78, 5) is 25.9. The van der Waals surface area contributed by atoms with Gasteiger partial charge in [-0.2, -0.15) is 10.4 Å². The summed E-state index contributed by atoms with van der Waals surface area (Å²) in [6.45, 7) is 4.37. The van der Waals surface area contributed by atoms with E-state index in [9.17, 15) is 4.79 Å². The second kappa shape index (κ2) is 7.36. The van der Waals surface area contributed by atoms with Crippen LogP contribution < -0.4 is 4.90 Å². The Kier molecular flexibility index (Phi) is 4.66. The van der Waals surface area contributed by atoms with Crippen LogP contribution in [-0.2, 0) is 24.8 Å². The van der Waals surface area contributed by atoms with Gasteiger partial charge in [0.1, 0.15) is 29.6 Å². The SMILES string of the molecule is Cn1nc2c(c1C(=O)N1CCCC3(CCOC3)C1)CN(c1cc(C#N)ncn1)CC2. The largest absolute Gasteiger partial charge is 0.381 e. The Morgan fingerprint density at radius 1 is 1.30 bits per heavy atom. The van der Waals surface area contributed by atoms with Crippen LogP contribution in [0.2, 0.25) is 0 Å². The summed E-state index contributed by atoms with van der Waals surface area (Å²) < 4.78 is 7.40. The predicted octanol–water partition coefficient (Wildman–Crippen LogP) is 1.29. The standard InChI is InChI=1S/C21H25N7O2/c1-26-19(20(29)28-6-2-4-21(12-28)5-8-30-13-21)16-11-27(7-3-17(16)25-26)18-9-15(10-22)23-14-24-18/h9,14H,2-8,11-13H2,1H3. The molecule has 3 aliphatic heterocycles. The van der Waals surface area contributed by atoms with Gasteiger partial charge in [0.2, 0.25) is 0 Å². The Hall–Kier alpha value is -2.99. The monoisotopic (exact) mass is 407 g/mol. The van der Waals surface area contributed by atoms with E-state index in [-0.39, 0.29) is 11.3 Å². The third kappa shape index (κ3) is 3.21. The van der Waals surface area contributed by atoms with Crippen molar-refractivity contribution in [2.24, 2.45) is 12.5 Å². The van der Waals surface area contributed by atoms with Crippen molar-refractivity contribution in [3.63, 3.8) is 0 Å². The van der Waals surface area contributed by atoms with E-state index >= 15 is 0 Å². The summed E-state index contributed by atoms with van der Waals surface area (Å²) in [5, 5.41) is 13.8. The molecule has 9 heteroatoms. The number of amides is 1. The van der Waals surface area contributed by atoms with Gasteiger partial charge in [-0.1, -0.05) is 0 Å². The Morgan fingerprint density at radius 2 is 2.20 bits per heavy atom. The lowest BCUT2D eigenvalue weighted by atomic mass is 9.79. The van der Waals surface area contributed by atoms with Crippen LogP contribution in [-0.4, -0.2) is 63.4 Å². The maximum atomic E-state index is 13.6. The fraction of sp³-hybridized carbons (Fsp3) is 0.571. The maximum absolute atomic E-state index is 13.6. The number of piperidine rings is 1. The van der Waals surface area contributed by atoms with Crippen LogP contribution in [0.25, 0.3) is 0 Å². The molecule has 0 saturated carbocycles. The molecule has 2 aromatic heterocycles. The van der Waals surface area contributed by atoms with Crippen molar-refractivity contribution in [2.45, 2.75) is 32.2 Å². The number of carbonyl (C=O) groups excluding carboxylic acids is 1. The smallest absolute Gasteiger partial charge is 0.272 e. The second-order valence-corrected chi connectivity index (χ2v) is 8.58. The van der Waals surface area contributed by atoms with Gasteiger partial charge in [-0.15, -0.1) is 0 Å². The average molecular weight is 407 g/mol. The number of aryl methyl sites for hydroxylation is 1. The molecule has 2 saturated heterocycles. The van der Waals surface area contributed by atoms with E-state index in [0.29, 0.717) is 23.8 Å². The van der Waals surface area contributed by atoms with Crippen LogP contribution in [0.4, 0.5) is 5.82 Å². The molecule has 0 aliphatic carbocycles. The van der Waals surface area contributed by atoms with Crippen molar-refractivity contribution < 1.29 is 9.53 Å². The Balaban J connectivity index is 1.42. The average Bonchev–Trinajstić information content (AvgIpc) is 3.36. The third-order valence-corrected chi connectivity index (χ3v) is 6.62. The topological polar surface area (TPSA) is 100 Å². The van der Waals surface area contributed by atoms with E-state index < -0.39 is 0 Å². The number of carbonyl (C=O) groups is 1. The molecule has 1 amide bonds. The van der Waals surface area contributed by atoms with Gasteiger partial charge in [0.25, 0.3) is 5.91 Å². The highest BCUT2D eigenvalue weighted by atomic mass is 16.5. The zero-order valence-electron chi connectivity index (χ0n) is 17.2. The molecule has 156 valence electrons. The first kappa shape index (κ1) is 19.0. The molecular formula is C21H25N7O2. The van der Waals surface area contributed by atoms with Crippen LogP contribution in [0.15, 0.2) is 12.4 Å². The minimum atomic E-state index is 0.0551. The summed E-state index contributed by atoms with van der Waals surface area (Å²) in [6, 6.07) is 3.75. The van der Waals surface area contributed by atoms with Gasteiger partial charge in [-0.25, -0.2) is 9.97 Å². The highest BCUT2D eigenvalue weighted by Crippen LogP contribution is 2.38. The van der Waals surface area contributed by atoms with E-state index in [4.69, 9.17) is 10.00 Å². The fourth-order valence-electron chi connectivity index (χ4n) is 5.05. The first-order chi connectivity index (χ1) is 14.6. The Morgan fingerprint density at radius 3 is 3.00 bits per heavy atom. The molecule has 1 atom stereocenters. The van der Waals surface area contributed by atoms with Gasteiger partial charge < -0.3 is 14.5 Å². The minimum Gasteiger partial charge on any atom is -0.381 e. The van der Waals surface area contributed by atoms with Gasteiger partial charge in [0.05, 0.1) is 12.3 Å². The van der Waals surface area contributed by atoms with Crippen LogP contribution in [0.1, 0.15) is 46.7 Å². The number of nitrogens with zero attached hydrogens (tertiary/aromatic N) is 7. The first-order valence-corrected chi connectivity index (χ1v) is 10.5. The van der Waals surface area contributed by atoms with Crippen LogP contribution >= 0.6 is 0 Å². The van der Waals surface area contributed by atoms with Crippen LogP contribution in [0.3, 0.4) is 0 Å². The lowest BCUT2D eigenvalue weighted by Crippen LogP contribution is -2.47. The molecule has 0 N–H and O–H groups in total. The number of rotatable bonds is 2. The van der Waals surface area contributed by atoms with Crippen molar-refractivity contribution >= 4 is 11.7 Å². The van der Waals surface area contributed by atoms with Crippen molar-refractivity contribution in [1.29, 1.82) is 5.26 Å². The predicted molar refractivity (Wildman–Crippen MR) is 108 cm³/mol. The molecule has 2 aromatic rings. The molecule has 2 fully saturated rings. The Labute approximate surface area is 175 Å². The van der Waals surface area contributed by atoms with Gasteiger partial charge in [0, 0.05) is 63.3 Å². The van der Waals surface area contributed by atoms with Crippen molar-refractivity contribution in [1.82, 2.24) is 24.6 Å².